The van der Waals surface area contributed by atoms with Crippen LogP contribution in [-0.4, -0.2) is 19.1 Å². The predicted molar refractivity (Wildman–Crippen MR) is 75.9 cm³/mol. The Kier molecular flexibility index (Phi) is 4.29. The third kappa shape index (κ3) is 3.39. The highest BCUT2D eigenvalue weighted by Crippen LogP contribution is 2.22. The van der Waals surface area contributed by atoms with Gasteiger partial charge in [0.15, 0.2) is 0 Å². The minimum absolute atomic E-state index is 0.567. The molecule has 1 saturated heterocycles. The lowest BCUT2D eigenvalue weighted by Gasteiger charge is -2.19. The van der Waals surface area contributed by atoms with Gasteiger partial charge in [-0.3, -0.25) is 0 Å². The average molecular weight is 232 g/mol. The van der Waals surface area contributed by atoms with E-state index in [-0.39, 0.29) is 0 Å². The van der Waals surface area contributed by atoms with E-state index < -0.39 is 0 Å². The average Bonchev–Trinajstić information content (AvgIpc) is 2.84. The van der Waals surface area contributed by atoms with Crippen molar-refractivity contribution in [1.29, 1.82) is 0 Å². The molecule has 0 aromatic heterocycles. The summed E-state index contributed by atoms with van der Waals surface area (Å²) >= 11 is 0. The first-order valence-electron chi connectivity index (χ1n) is 6.91. The van der Waals surface area contributed by atoms with Crippen molar-refractivity contribution in [2.24, 2.45) is 0 Å². The van der Waals surface area contributed by atoms with E-state index in [0.717, 1.165) is 0 Å². The molecule has 1 unspecified atom stereocenters. The zero-order chi connectivity index (χ0) is 12.1. The maximum Gasteiger partial charge on any atom is 0.0367 e. The van der Waals surface area contributed by atoms with E-state index in [4.69, 9.17) is 0 Å². The largest absolute Gasteiger partial charge is 0.383 e. The minimum atomic E-state index is 0.567. The van der Waals surface area contributed by atoms with E-state index in [2.05, 4.69) is 48.3 Å². The molecule has 0 saturated carbocycles. The molecule has 0 spiro atoms. The summed E-state index contributed by atoms with van der Waals surface area (Å²) in [6.45, 7) is 6.92. The van der Waals surface area contributed by atoms with E-state index >= 15 is 0 Å². The zero-order valence-corrected chi connectivity index (χ0v) is 11.1. The molecule has 1 atom stereocenters. The van der Waals surface area contributed by atoms with E-state index in [1.54, 1.807) is 0 Å². The number of benzene rings is 1. The third-order valence-corrected chi connectivity index (χ3v) is 3.47. The van der Waals surface area contributed by atoms with Crippen LogP contribution in [0.4, 0.5) is 11.4 Å². The first-order valence-corrected chi connectivity index (χ1v) is 6.91. The second-order valence-corrected chi connectivity index (χ2v) is 5.08. The highest BCUT2D eigenvalue weighted by atomic mass is 15.1. The molecule has 0 amide bonds. The summed E-state index contributed by atoms with van der Waals surface area (Å²) in [6, 6.07) is 9.47. The quantitative estimate of drug-likeness (QED) is 0.828. The highest BCUT2D eigenvalue weighted by molar-refractivity contribution is 5.55. The highest BCUT2D eigenvalue weighted by Gasteiger charge is 2.11. The van der Waals surface area contributed by atoms with Crippen LogP contribution in [0, 0.1) is 0 Å². The lowest BCUT2D eigenvalue weighted by atomic mass is 10.2. The Balaban J connectivity index is 1.92. The predicted octanol–water partition coefficient (Wildman–Crippen LogP) is 3.89. The van der Waals surface area contributed by atoms with Gasteiger partial charge in [0.05, 0.1) is 0 Å². The molecule has 94 valence electrons. The Morgan fingerprint density at radius 2 is 1.82 bits per heavy atom. The third-order valence-electron chi connectivity index (χ3n) is 3.47. The van der Waals surface area contributed by atoms with Crippen molar-refractivity contribution >= 4 is 11.4 Å². The van der Waals surface area contributed by atoms with Crippen LogP contribution in [0.1, 0.15) is 39.5 Å². The molecule has 1 aromatic carbocycles. The van der Waals surface area contributed by atoms with Crippen molar-refractivity contribution in [2.45, 2.75) is 45.6 Å². The van der Waals surface area contributed by atoms with Crippen LogP contribution in [0.25, 0.3) is 0 Å². The maximum atomic E-state index is 3.54. The fourth-order valence-electron chi connectivity index (χ4n) is 2.53. The summed E-state index contributed by atoms with van der Waals surface area (Å²) in [6.07, 6.45) is 5.15. The first-order chi connectivity index (χ1) is 8.29. The van der Waals surface area contributed by atoms with Gasteiger partial charge in [-0.25, -0.2) is 0 Å². The number of nitrogens with zero attached hydrogens (tertiary/aromatic N) is 1. The summed E-state index contributed by atoms with van der Waals surface area (Å²) in [5.41, 5.74) is 2.62. The molecule has 17 heavy (non-hydrogen) atoms. The second kappa shape index (κ2) is 5.95. The van der Waals surface area contributed by atoms with Crippen LogP contribution in [0.3, 0.4) is 0 Å². The van der Waals surface area contributed by atoms with Gasteiger partial charge in [-0.15, -0.1) is 0 Å². The van der Waals surface area contributed by atoms with Crippen molar-refractivity contribution in [3.8, 4) is 0 Å². The van der Waals surface area contributed by atoms with Gasteiger partial charge < -0.3 is 10.2 Å². The lowest BCUT2D eigenvalue weighted by molar-refractivity contribution is 0.690. The summed E-state index contributed by atoms with van der Waals surface area (Å²) in [4.78, 5) is 2.47. The molecule has 1 aromatic rings. The summed E-state index contributed by atoms with van der Waals surface area (Å²) < 4.78 is 0. The Morgan fingerprint density at radius 1 is 1.18 bits per heavy atom. The van der Waals surface area contributed by atoms with Gasteiger partial charge in [0.25, 0.3) is 0 Å². The fraction of sp³-hybridized carbons (Fsp3) is 0.600. The smallest absolute Gasteiger partial charge is 0.0367 e. The Labute approximate surface area is 105 Å². The SMILES string of the molecule is CCCC(C)Nc1ccc(N2CCCC2)cc1. The Bertz CT molecular complexity index is 325. The zero-order valence-electron chi connectivity index (χ0n) is 11.1. The van der Waals surface area contributed by atoms with Crippen LogP contribution in [0.15, 0.2) is 24.3 Å². The molecular formula is C15H24N2. The van der Waals surface area contributed by atoms with Gasteiger partial charge >= 0.3 is 0 Å². The van der Waals surface area contributed by atoms with Crippen molar-refractivity contribution in [1.82, 2.24) is 0 Å². The van der Waals surface area contributed by atoms with Crippen molar-refractivity contribution in [2.75, 3.05) is 23.3 Å². The molecule has 1 aliphatic rings. The number of nitrogens with one attached hydrogen (secondary N) is 1. The molecule has 0 bridgehead atoms. The van der Waals surface area contributed by atoms with Gasteiger partial charge in [0, 0.05) is 30.5 Å². The number of hydrogen-bond donors (Lipinski definition) is 1. The number of anilines is 2. The monoisotopic (exact) mass is 232 g/mol. The number of hydrogen-bond acceptors (Lipinski definition) is 2. The number of rotatable bonds is 5. The van der Waals surface area contributed by atoms with Gasteiger partial charge in [-0.05, 0) is 50.5 Å². The molecule has 2 heteroatoms. The fourth-order valence-corrected chi connectivity index (χ4v) is 2.53. The first kappa shape index (κ1) is 12.3. The van der Waals surface area contributed by atoms with E-state index in [0.29, 0.717) is 6.04 Å². The molecular weight excluding hydrogens is 208 g/mol. The standard InChI is InChI=1S/C15H24N2/c1-3-6-13(2)16-14-7-9-15(10-8-14)17-11-4-5-12-17/h7-10,13,16H,3-6,11-12H2,1-2H3. The molecule has 0 radical (unpaired) electrons. The molecule has 0 aliphatic carbocycles. The molecule has 1 N–H and O–H groups in total. The van der Waals surface area contributed by atoms with E-state index in [9.17, 15) is 0 Å². The van der Waals surface area contributed by atoms with Crippen molar-refractivity contribution in [3.05, 3.63) is 24.3 Å². The topological polar surface area (TPSA) is 15.3 Å². The maximum absolute atomic E-state index is 3.54. The van der Waals surface area contributed by atoms with Crippen LogP contribution in [0.5, 0.6) is 0 Å². The summed E-state index contributed by atoms with van der Waals surface area (Å²) in [5, 5.41) is 3.54. The normalized spacial score (nSPS) is 17.2. The van der Waals surface area contributed by atoms with Crippen LogP contribution in [0.2, 0.25) is 0 Å². The molecule has 2 nitrogen and oxygen atoms in total. The van der Waals surface area contributed by atoms with Gasteiger partial charge in [0.2, 0.25) is 0 Å². The molecule has 1 heterocycles. The summed E-state index contributed by atoms with van der Waals surface area (Å²) in [7, 11) is 0. The molecule has 1 aliphatic heterocycles. The van der Waals surface area contributed by atoms with Crippen molar-refractivity contribution in [3.63, 3.8) is 0 Å². The van der Waals surface area contributed by atoms with Crippen molar-refractivity contribution < 1.29 is 0 Å². The summed E-state index contributed by atoms with van der Waals surface area (Å²) in [5.74, 6) is 0. The minimum Gasteiger partial charge on any atom is -0.383 e. The second-order valence-electron chi connectivity index (χ2n) is 5.08. The molecule has 2 rings (SSSR count). The lowest BCUT2D eigenvalue weighted by Crippen LogP contribution is -2.18. The van der Waals surface area contributed by atoms with Crippen LogP contribution < -0.4 is 10.2 Å². The van der Waals surface area contributed by atoms with Crippen LogP contribution in [-0.2, 0) is 0 Å². The van der Waals surface area contributed by atoms with E-state index in [1.807, 2.05) is 0 Å². The van der Waals surface area contributed by atoms with Gasteiger partial charge in [-0.1, -0.05) is 13.3 Å². The molecule has 1 fully saturated rings. The Morgan fingerprint density at radius 3 is 2.41 bits per heavy atom. The van der Waals surface area contributed by atoms with E-state index in [1.165, 1.54) is 50.1 Å². The van der Waals surface area contributed by atoms with Crippen LogP contribution >= 0.6 is 0 Å². The Hall–Kier alpha value is -1.18. The van der Waals surface area contributed by atoms with Gasteiger partial charge in [-0.2, -0.15) is 0 Å². The van der Waals surface area contributed by atoms with Gasteiger partial charge in [0.1, 0.15) is 0 Å².